The molecule has 0 bridgehead atoms. The lowest BCUT2D eigenvalue weighted by molar-refractivity contribution is -0.116. The van der Waals surface area contributed by atoms with Crippen LogP contribution in [0, 0.1) is 6.92 Å². The van der Waals surface area contributed by atoms with Gasteiger partial charge in [0.25, 0.3) is 0 Å². The van der Waals surface area contributed by atoms with Crippen LogP contribution < -0.4 is 15.4 Å². The van der Waals surface area contributed by atoms with Gasteiger partial charge in [-0.15, -0.1) is 0 Å². The third-order valence-corrected chi connectivity index (χ3v) is 4.22. The van der Waals surface area contributed by atoms with Crippen LogP contribution in [0.4, 0.5) is 5.69 Å². The summed E-state index contributed by atoms with van der Waals surface area (Å²) >= 11 is 0. The molecule has 0 saturated heterocycles. The largest absolute Gasteiger partial charge is 0.495 e. The second kappa shape index (κ2) is 9.62. The molecule has 0 aliphatic carbocycles. The number of ether oxygens (including phenoxy) is 1. The maximum absolute atomic E-state index is 12.1. The van der Waals surface area contributed by atoms with Crippen LogP contribution in [0.1, 0.15) is 17.5 Å². The number of para-hydroxylation sites is 2. The van der Waals surface area contributed by atoms with Crippen molar-refractivity contribution in [3.63, 3.8) is 0 Å². The van der Waals surface area contributed by atoms with Gasteiger partial charge < -0.3 is 15.4 Å². The van der Waals surface area contributed by atoms with E-state index in [1.165, 1.54) is 5.56 Å². The molecular weight excluding hydrogens is 352 g/mol. The predicted molar refractivity (Wildman–Crippen MR) is 110 cm³/mol. The van der Waals surface area contributed by atoms with E-state index < -0.39 is 0 Å². The van der Waals surface area contributed by atoms with Crippen molar-refractivity contribution < 1.29 is 9.53 Å². The first-order valence-electron chi connectivity index (χ1n) is 9.17. The average molecular weight is 376 g/mol. The number of aryl methyl sites for hydroxylation is 1. The summed E-state index contributed by atoms with van der Waals surface area (Å²) in [5.74, 6) is 1.29. The van der Waals surface area contributed by atoms with Crippen molar-refractivity contribution in [3.8, 4) is 17.1 Å². The van der Waals surface area contributed by atoms with Gasteiger partial charge in [-0.3, -0.25) is 4.79 Å². The van der Waals surface area contributed by atoms with E-state index in [1.807, 2.05) is 61.8 Å². The van der Waals surface area contributed by atoms with E-state index in [2.05, 4.69) is 26.7 Å². The molecule has 0 aliphatic rings. The molecule has 1 heterocycles. The van der Waals surface area contributed by atoms with Crippen LogP contribution in [0.5, 0.6) is 5.75 Å². The quantitative estimate of drug-likeness (QED) is 0.588. The lowest BCUT2D eigenvalue weighted by Gasteiger charge is -2.10. The Morgan fingerprint density at radius 2 is 1.86 bits per heavy atom. The molecule has 0 spiro atoms. The first kappa shape index (κ1) is 19.5. The van der Waals surface area contributed by atoms with Gasteiger partial charge in [-0.1, -0.05) is 35.9 Å². The van der Waals surface area contributed by atoms with Gasteiger partial charge in [0.2, 0.25) is 5.91 Å². The zero-order valence-corrected chi connectivity index (χ0v) is 16.1. The molecule has 0 saturated carbocycles. The maximum atomic E-state index is 12.1. The minimum Gasteiger partial charge on any atom is -0.495 e. The number of methoxy groups -OCH3 is 1. The maximum Gasteiger partial charge on any atom is 0.225 e. The number of nitrogens with zero attached hydrogens (tertiary/aromatic N) is 2. The normalized spacial score (nSPS) is 10.5. The number of hydrogen-bond acceptors (Lipinski definition) is 5. The third kappa shape index (κ3) is 5.37. The fourth-order valence-corrected chi connectivity index (χ4v) is 2.77. The molecule has 6 heteroatoms. The zero-order chi connectivity index (χ0) is 19.8. The summed E-state index contributed by atoms with van der Waals surface area (Å²) in [5, 5.41) is 6.10. The Labute approximate surface area is 165 Å². The number of carbonyl (C=O) groups excluding carboxylic acids is 1. The highest BCUT2D eigenvalue weighted by Gasteiger charge is 2.07. The van der Waals surface area contributed by atoms with E-state index in [9.17, 15) is 4.79 Å². The highest BCUT2D eigenvalue weighted by Crippen LogP contribution is 2.23. The van der Waals surface area contributed by atoms with Crippen molar-refractivity contribution in [2.45, 2.75) is 19.9 Å². The van der Waals surface area contributed by atoms with Crippen LogP contribution in [0.15, 0.2) is 60.9 Å². The summed E-state index contributed by atoms with van der Waals surface area (Å²) in [6, 6.07) is 15.5. The van der Waals surface area contributed by atoms with E-state index >= 15 is 0 Å². The number of rotatable bonds is 8. The summed E-state index contributed by atoms with van der Waals surface area (Å²) in [7, 11) is 1.58. The van der Waals surface area contributed by atoms with Crippen LogP contribution in [0.25, 0.3) is 11.4 Å². The van der Waals surface area contributed by atoms with Crippen molar-refractivity contribution in [2.24, 2.45) is 0 Å². The molecular formula is C22H24N4O2. The molecule has 3 rings (SSSR count). The number of carbonyl (C=O) groups is 1. The molecule has 0 atom stereocenters. The minimum atomic E-state index is -0.0666. The smallest absolute Gasteiger partial charge is 0.225 e. The van der Waals surface area contributed by atoms with Gasteiger partial charge in [0.1, 0.15) is 5.75 Å². The molecule has 1 amide bonds. The zero-order valence-electron chi connectivity index (χ0n) is 16.1. The Hall–Kier alpha value is -3.25. The molecule has 2 N–H and O–H groups in total. The molecule has 0 fully saturated rings. The molecule has 1 aromatic heterocycles. The summed E-state index contributed by atoms with van der Waals surface area (Å²) in [5.41, 5.74) is 3.84. The van der Waals surface area contributed by atoms with Gasteiger partial charge in [-0.25, -0.2) is 9.97 Å². The average Bonchev–Trinajstić information content (AvgIpc) is 2.72. The molecule has 0 radical (unpaired) electrons. The summed E-state index contributed by atoms with van der Waals surface area (Å²) < 4.78 is 5.23. The second-order valence-electron chi connectivity index (χ2n) is 6.46. The van der Waals surface area contributed by atoms with Gasteiger partial charge in [-0.2, -0.15) is 0 Å². The van der Waals surface area contributed by atoms with Gasteiger partial charge >= 0.3 is 0 Å². The van der Waals surface area contributed by atoms with Gasteiger partial charge in [0, 0.05) is 43.0 Å². The summed E-state index contributed by atoms with van der Waals surface area (Å²) in [6.07, 6.45) is 3.99. The molecule has 3 aromatic rings. The number of amides is 1. The Kier molecular flexibility index (Phi) is 6.70. The van der Waals surface area contributed by atoms with Gasteiger partial charge in [0.15, 0.2) is 5.82 Å². The van der Waals surface area contributed by atoms with Gasteiger partial charge in [0.05, 0.1) is 12.8 Å². The highest BCUT2D eigenvalue weighted by molar-refractivity contribution is 5.92. The Morgan fingerprint density at radius 1 is 1.07 bits per heavy atom. The van der Waals surface area contributed by atoms with Crippen LogP contribution in [-0.2, 0) is 11.3 Å². The molecule has 2 aromatic carbocycles. The fourth-order valence-electron chi connectivity index (χ4n) is 2.77. The number of hydrogen-bond donors (Lipinski definition) is 2. The molecule has 144 valence electrons. The monoisotopic (exact) mass is 376 g/mol. The van der Waals surface area contributed by atoms with Crippen molar-refractivity contribution in [2.75, 3.05) is 19.0 Å². The van der Waals surface area contributed by atoms with Crippen molar-refractivity contribution in [1.82, 2.24) is 15.3 Å². The van der Waals surface area contributed by atoms with E-state index in [-0.39, 0.29) is 5.91 Å². The SMILES string of the molecule is COc1ccccc1NC(=O)CCNCc1cnc(-c2cccc(C)c2)nc1. The summed E-state index contributed by atoms with van der Waals surface area (Å²) in [4.78, 5) is 21.0. The molecule has 6 nitrogen and oxygen atoms in total. The second-order valence-corrected chi connectivity index (χ2v) is 6.46. The van der Waals surface area contributed by atoms with Crippen molar-refractivity contribution >= 4 is 11.6 Å². The third-order valence-electron chi connectivity index (χ3n) is 4.22. The van der Waals surface area contributed by atoms with E-state index in [4.69, 9.17) is 4.74 Å². The number of aromatic nitrogens is 2. The first-order valence-corrected chi connectivity index (χ1v) is 9.17. The topological polar surface area (TPSA) is 76.1 Å². The lowest BCUT2D eigenvalue weighted by atomic mass is 10.1. The molecule has 0 aliphatic heterocycles. The van der Waals surface area contributed by atoms with Crippen LogP contribution in [0.3, 0.4) is 0 Å². The van der Waals surface area contributed by atoms with E-state index in [1.54, 1.807) is 7.11 Å². The first-order chi connectivity index (χ1) is 13.7. The number of benzene rings is 2. The molecule has 28 heavy (non-hydrogen) atoms. The van der Waals surface area contributed by atoms with Crippen LogP contribution in [-0.4, -0.2) is 29.5 Å². The predicted octanol–water partition coefficient (Wildman–Crippen LogP) is 3.58. The van der Waals surface area contributed by atoms with Crippen molar-refractivity contribution in [3.05, 3.63) is 72.1 Å². The highest BCUT2D eigenvalue weighted by atomic mass is 16.5. The Bertz CT molecular complexity index is 926. The molecule has 0 unspecified atom stereocenters. The van der Waals surface area contributed by atoms with E-state index in [0.717, 1.165) is 11.1 Å². The minimum absolute atomic E-state index is 0.0666. The Morgan fingerprint density at radius 3 is 2.61 bits per heavy atom. The van der Waals surface area contributed by atoms with E-state index in [0.29, 0.717) is 36.8 Å². The lowest BCUT2D eigenvalue weighted by Crippen LogP contribution is -2.21. The summed E-state index contributed by atoms with van der Waals surface area (Å²) in [6.45, 7) is 3.21. The van der Waals surface area contributed by atoms with Crippen molar-refractivity contribution in [1.29, 1.82) is 0 Å². The Balaban J connectivity index is 1.44. The van der Waals surface area contributed by atoms with Crippen LogP contribution >= 0.6 is 0 Å². The number of nitrogens with one attached hydrogen (secondary N) is 2. The fraction of sp³-hybridized carbons (Fsp3) is 0.227. The number of anilines is 1. The standard InChI is InChI=1S/C22H24N4O2/c1-16-6-5-7-18(12-16)22-24-14-17(15-25-22)13-23-11-10-21(27)26-19-8-3-4-9-20(19)28-2/h3-9,12,14-15,23H,10-11,13H2,1-2H3,(H,26,27). The van der Waals surface area contributed by atoms with Gasteiger partial charge in [-0.05, 0) is 25.1 Å². The van der Waals surface area contributed by atoms with Crippen LogP contribution in [0.2, 0.25) is 0 Å².